The molecule has 0 unspecified atom stereocenters. The van der Waals surface area contributed by atoms with Gasteiger partial charge in [-0.05, 0) is 31.2 Å². The van der Waals surface area contributed by atoms with Crippen LogP contribution in [0.3, 0.4) is 0 Å². The minimum Gasteiger partial charge on any atom is -0.493 e. The molecule has 0 spiro atoms. The Balaban J connectivity index is 2.09. The molecule has 2 aromatic rings. The molecule has 1 aliphatic rings. The summed E-state index contributed by atoms with van der Waals surface area (Å²) in [5.74, 6) is -0.162. The van der Waals surface area contributed by atoms with E-state index in [-0.39, 0.29) is 16.3 Å². The number of benzene rings is 2. The topological polar surface area (TPSA) is 50.8 Å². The van der Waals surface area contributed by atoms with Gasteiger partial charge in [0.1, 0.15) is 12.7 Å². The monoisotopic (exact) mass is 414 g/mol. The molecule has 9 heteroatoms. The first-order valence-electron chi connectivity index (χ1n) is 8.48. The van der Waals surface area contributed by atoms with Crippen molar-refractivity contribution in [2.75, 3.05) is 25.6 Å². The molecule has 1 heterocycles. The number of carbonyl (C=O) groups is 1. The standard InChI is InChI=1S/C19H18ClF3N2O3/c1-3-28-16-13(20)8-11(9-15(16)27-2)17-24-14-7-5-4-6-12(14)18(26)25(17)10-19(21,22)23/h4-9,17,24H,3,10H2,1-2H3/t17-/m1/s1. The Kier molecular flexibility index (Phi) is 5.60. The second-order valence-electron chi connectivity index (χ2n) is 6.11. The number of anilines is 1. The Morgan fingerprint density at radius 2 is 1.96 bits per heavy atom. The molecule has 0 bridgehead atoms. The molecule has 0 aromatic heterocycles. The van der Waals surface area contributed by atoms with Gasteiger partial charge in [0.15, 0.2) is 11.5 Å². The number of alkyl halides is 3. The van der Waals surface area contributed by atoms with Crippen molar-refractivity contribution in [3.05, 3.63) is 52.5 Å². The molecule has 28 heavy (non-hydrogen) atoms. The molecule has 5 nitrogen and oxygen atoms in total. The van der Waals surface area contributed by atoms with Crippen LogP contribution in [0, 0.1) is 0 Å². The summed E-state index contributed by atoms with van der Waals surface area (Å²) >= 11 is 6.27. The van der Waals surface area contributed by atoms with Crippen LogP contribution in [-0.2, 0) is 0 Å². The van der Waals surface area contributed by atoms with E-state index in [1.54, 1.807) is 25.1 Å². The second kappa shape index (κ2) is 7.79. The average molecular weight is 415 g/mol. The Bertz CT molecular complexity index is 889. The van der Waals surface area contributed by atoms with Gasteiger partial charge in [0.25, 0.3) is 5.91 Å². The maximum absolute atomic E-state index is 13.2. The van der Waals surface area contributed by atoms with Crippen LogP contribution >= 0.6 is 11.6 Å². The van der Waals surface area contributed by atoms with Crippen LogP contribution in [-0.4, -0.2) is 37.2 Å². The van der Waals surface area contributed by atoms with E-state index in [2.05, 4.69) is 5.32 Å². The third-order valence-corrected chi connectivity index (χ3v) is 4.51. The zero-order valence-electron chi connectivity index (χ0n) is 15.1. The van der Waals surface area contributed by atoms with Crippen molar-refractivity contribution < 1.29 is 27.4 Å². The molecule has 1 N–H and O–H groups in total. The van der Waals surface area contributed by atoms with Crippen LogP contribution in [0.1, 0.15) is 29.0 Å². The van der Waals surface area contributed by atoms with E-state index in [1.807, 2.05) is 0 Å². The molecule has 1 amide bonds. The highest BCUT2D eigenvalue weighted by Crippen LogP contribution is 2.41. The fourth-order valence-electron chi connectivity index (χ4n) is 3.09. The maximum atomic E-state index is 13.2. The smallest absolute Gasteiger partial charge is 0.406 e. The third-order valence-electron chi connectivity index (χ3n) is 4.23. The summed E-state index contributed by atoms with van der Waals surface area (Å²) in [6.45, 7) is 0.696. The van der Waals surface area contributed by atoms with Gasteiger partial charge in [0, 0.05) is 11.3 Å². The van der Waals surface area contributed by atoms with Gasteiger partial charge in [-0.1, -0.05) is 23.7 Å². The lowest BCUT2D eigenvalue weighted by molar-refractivity contribution is -0.144. The number of amides is 1. The molecule has 1 atom stereocenters. The van der Waals surface area contributed by atoms with Gasteiger partial charge in [-0.15, -0.1) is 0 Å². The van der Waals surface area contributed by atoms with Crippen molar-refractivity contribution in [1.82, 2.24) is 4.90 Å². The lowest BCUT2D eigenvalue weighted by Gasteiger charge is -2.38. The number of fused-ring (bicyclic) bond motifs is 1. The van der Waals surface area contributed by atoms with Gasteiger partial charge in [-0.2, -0.15) is 13.2 Å². The summed E-state index contributed by atoms with van der Waals surface area (Å²) in [6, 6.07) is 9.40. The molecule has 150 valence electrons. The van der Waals surface area contributed by atoms with Crippen molar-refractivity contribution in [2.45, 2.75) is 19.3 Å². The second-order valence-corrected chi connectivity index (χ2v) is 6.52. The minimum absolute atomic E-state index is 0.173. The van der Waals surface area contributed by atoms with Crippen molar-refractivity contribution >= 4 is 23.2 Å². The number of rotatable bonds is 5. The van der Waals surface area contributed by atoms with Gasteiger partial charge in [-0.25, -0.2) is 0 Å². The summed E-state index contributed by atoms with van der Waals surface area (Å²) in [4.78, 5) is 13.5. The number of nitrogens with zero attached hydrogens (tertiary/aromatic N) is 1. The lowest BCUT2D eigenvalue weighted by Crippen LogP contribution is -2.47. The lowest BCUT2D eigenvalue weighted by atomic mass is 10.0. The molecule has 0 radical (unpaired) electrons. The molecular weight excluding hydrogens is 397 g/mol. The van der Waals surface area contributed by atoms with Crippen LogP contribution in [0.2, 0.25) is 5.02 Å². The number of methoxy groups -OCH3 is 1. The Labute approximate surface area is 165 Å². The van der Waals surface area contributed by atoms with E-state index in [1.165, 1.54) is 25.3 Å². The molecule has 0 aliphatic carbocycles. The first-order chi connectivity index (χ1) is 13.2. The number of ether oxygens (including phenoxy) is 2. The van der Waals surface area contributed by atoms with Crippen LogP contribution in [0.15, 0.2) is 36.4 Å². The number of carbonyl (C=O) groups excluding carboxylic acids is 1. The van der Waals surface area contributed by atoms with Crippen LogP contribution in [0.4, 0.5) is 18.9 Å². The fourth-order valence-corrected chi connectivity index (χ4v) is 3.37. The van der Waals surface area contributed by atoms with E-state index < -0.39 is 24.8 Å². The predicted molar refractivity (Wildman–Crippen MR) is 99.1 cm³/mol. The van der Waals surface area contributed by atoms with Crippen LogP contribution in [0.5, 0.6) is 11.5 Å². The molecule has 0 saturated heterocycles. The molecule has 2 aromatic carbocycles. The largest absolute Gasteiger partial charge is 0.493 e. The Morgan fingerprint density at radius 3 is 2.61 bits per heavy atom. The molecule has 0 fully saturated rings. The highest BCUT2D eigenvalue weighted by molar-refractivity contribution is 6.32. The highest BCUT2D eigenvalue weighted by Gasteiger charge is 2.41. The van der Waals surface area contributed by atoms with E-state index in [0.29, 0.717) is 23.6 Å². The predicted octanol–water partition coefficient (Wildman–Crippen LogP) is 4.88. The van der Waals surface area contributed by atoms with Gasteiger partial charge < -0.3 is 19.7 Å². The summed E-state index contributed by atoms with van der Waals surface area (Å²) in [5, 5.41) is 3.17. The van der Waals surface area contributed by atoms with E-state index >= 15 is 0 Å². The Morgan fingerprint density at radius 1 is 1.25 bits per heavy atom. The Hall–Kier alpha value is -2.61. The van der Waals surface area contributed by atoms with Crippen molar-refractivity contribution in [2.24, 2.45) is 0 Å². The number of hydrogen-bond acceptors (Lipinski definition) is 4. The summed E-state index contributed by atoms with van der Waals surface area (Å²) in [7, 11) is 1.40. The summed E-state index contributed by atoms with van der Waals surface area (Å²) in [5.41, 5.74) is 0.962. The van der Waals surface area contributed by atoms with Crippen molar-refractivity contribution in [3.63, 3.8) is 0 Å². The van der Waals surface area contributed by atoms with Gasteiger partial charge >= 0.3 is 6.18 Å². The highest BCUT2D eigenvalue weighted by atomic mass is 35.5. The fraction of sp³-hybridized carbons (Fsp3) is 0.316. The number of para-hydroxylation sites is 1. The molecule has 1 aliphatic heterocycles. The van der Waals surface area contributed by atoms with E-state index in [4.69, 9.17) is 21.1 Å². The number of nitrogens with one attached hydrogen (secondary N) is 1. The van der Waals surface area contributed by atoms with Gasteiger partial charge in [0.05, 0.1) is 24.3 Å². The maximum Gasteiger partial charge on any atom is 0.406 e. The summed E-state index contributed by atoms with van der Waals surface area (Å²) < 4.78 is 50.3. The quantitative estimate of drug-likeness (QED) is 0.758. The first-order valence-corrected chi connectivity index (χ1v) is 8.86. The zero-order valence-corrected chi connectivity index (χ0v) is 15.9. The SMILES string of the molecule is CCOc1c(Cl)cc([C@@H]2Nc3ccccc3C(=O)N2CC(F)(F)F)cc1OC. The third kappa shape index (κ3) is 3.96. The van der Waals surface area contributed by atoms with Crippen LogP contribution in [0.25, 0.3) is 0 Å². The van der Waals surface area contributed by atoms with Crippen molar-refractivity contribution in [1.29, 1.82) is 0 Å². The minimum atomic E-state index is -4.57. The molecule has 0 saturated carbocycles. The van der Waals surface area contributed by atoms with Gasteiger partial charge in [-0.3, -0.25) is 4.79 Å². The number of hydrogen-bond donors (Lipinski definition) is 1. The normalized spacial score (nSPS) is 16.4. The van der Waals surface area contributed by atoms with E-state index in [9.17, 15) is 18.0 Å². The van der Waals surface area contributed by atoms with Crippen LogP contribution < -0.4 is 14.8 Å². The average Bonchev–Trinajstić information content (AvgIpc) is 2.64. The number of halogens is 4. The first kappa shape index (κ1) is 20.1. The van der Waals surface area contributed by atoms with E-state index in [0.717, 1.165) is 4.90 Å². The van der Waals surface area contributed by atoms with Crippen molar-refractivity contribution in [3.8, 4) is 11.5 Å². The molecular formula is C19H18ClF3N2O3. The molecule has 3 rings (SSSR count). The zero-order chi connectivity index (χ0) is 20.5. The van der Waals surface area contributed by atoms with Gasteiger partial charge in [0.2, 0.25) is 0 Å². The summed E-state index contributed by atoms with van der Waals surface area (Å²) in [6.07, 6.45) is -5.65.